The van der Waals surface area contributed by atoms with Gasteiger partial charge in [0.15, 0.2) is 5.96 Å². The number of ether oxygens (including phenoxy) is 1. The van der Waals surface area contributed by atoms with Gasteiger partial charge in [0.1, 0.15) is 0 Å². The first-order valence-electron chi connectivity index (χ1n) is 6.20. The minimum Gasteiger partial charge on any atom is -0.481 e. The van der Waals surface area contributed by atoms with Crippen LogP contribution in [0, 0.1) is 0 Å². The minimum absolute atomic E-state index is 0. The summed E-state index contributed by atoms with van der Waals surface area (Å²) in [7, 11) is 1.61. The first-order valence-corrected chi connectivity index (χ1v) is 6.20. The molecule has 0 saturated carbocycles. The van der Waals surface area contributed by atoms with E-state index in [1.54, 1.807) is 7.11 Å². The summed E-state index contributed by atoms with van der Waals surface area (Å²) in [4.78, 5) is 8.79. The van der Waals surface area contributed by atoms with E-state index in [0.29, 0.717) is 18.5 Å². The summed E-state index contributed by atoms with van der Waals surface area (Å²) >= 11 is 0. The first-order chi connectivity index (χ1) is 8.65. The molecule has 0 aliphatic heterocycles. The molecule has 2 N–H and O–H groups in total. The maximum absolute atomic E-state index is 5.08. The average Bonchev–Trinajstić information content (AvgIpc) is 2.36. The quantitative estimate of drug-likeness (QED) is 0.469. The largest absolute Gasteiger partial charge is 0.481 e. The van der Waals surface area contributed by atoms with Crippen LogP contribution < -0.4 is 15.4 Å². The summed E-state index contributed by atoms with van der Waals surface area (Å²) in [6, 6.07) is 6.02. The van der Waals surface area contributed by atoms with Crippen LogP contribution in [0.15, 0.2) is 23.2 Å². The third-order valence-electron chi connectivity index (χ3n) is 2.16. The van der Waals surface area contributed by atoms with E-state index in [9.17, 15) is 0 Å². The highest BCUT2D eigenvalue weighted by atomic mass is 127. The second-order valence-electron chi connectivity index (χ2n) is 4.17. The highest BCUT2D eigenvalue weighted by Crippen LogP contribution is 2.07. The van der Waals surface area contributed by atoms with Gasteiger partial charge in [0, 0.05) is 18.7 Å². The van der Waals surface area contributed by atoms with Crippen molar-refractivity contribution in [3.05, 3.63) is 23.9 Å². The van der Waals surface area contributed by atoms with Crippen LogP contribution in [0.1, 0.15) is 26.5 Å². The molecule has 0 amide bonds. The van der Waals surface area contributed by atoms with Crippen molar-refractivity contribution in [3.8, 4) is 5.88 Å². The van der Waals surface area contributed by atoms with Crippen LogP contribution in [0.4, 0.5) is 0 Å². The number of hydrogen-bond donors (Lipinski definition) is 2. The van der Waals surface area contributed by atoms with Crippen LogP contribution in [0.2, 0.25) is 0 Å². The van der Waals surface area contributed by atoms with Crippen molar-refractivity contribution in [2.24, 2.45) is 4.99 Å². The smallest absolute Gasteiger partial charge is 0.213 e. The van der Waals surface area contributed by atoms with Crippen LogP contribution in [0.25, 0.3) is 0 Å². The summed E-state index contributed by atoms with van der Waals surface area (Å²) in [5.41, 5.74) is 0.885. The Kier molecular flexibility index (Phi) is 9.28. The SMILES string of the molecule is CCNC(=NCc1cccc(OC)n1)NC(C)C.I. The molecule has 0 fully saturated rings. The number of methoxy groups -OCH3 is 1. The number of nitrogens with zero attached hydrogens (tertiary/aromatic N) is 2. The van der Waals surface area contributed by atoms with Crippen molar-refractivity contribution in [1.29, 1.82) is 0 Å². The number of aromatic nitrogens is 1. The molecule has 0 spiro atoms. The Morgan fingerprint density at radius 3 is 2.74 bits per heavy atom. The molecule has 0 unspecified atom stereocenters. The van der Waals surface area contributed by atoms with E-state index < -0.39 is 0 Å². The average molecular weight is 378 g/mol. The summed E-state index contributed by atoms with van der Waals surface area (Å²) in [6.45, 7) is 7.57. The van der Waals surface area contributed by atoms with Gasteiger partial charge >= 0.3 is 0 Å². The number of pyridine rings is 1. The van der Waals surface area contributed by atoms with Crippen molar-refractivity contribution >= 4 is 29.9 Å². The maximum atomic E-state index is 5.08. The van der Waals surface area contributed by atoms with Crippen molar-refractivity contribution in [3.63, 3.8) is 0 Å². The molecule has 1 rings (SSSR count). The molecule has 108 valence electrons. The number of guanidine groups is 1. The highest BCUT2D eigenvalue weighted by Gasteiger charge is 2.01. The molecule has 1 aromatic heterocycles. The number of halogens is 1. The predicted octanol–water partition coefficient (Wildman–Crippen LogP) is 2.17. The van der Waals surface area contributed by atoms with Crippen molar-refractivity contribution in [1.82, 2.24) is 15.6 Å². The summed E-state index contributed by atoms with van der Waals surface area (Å²) < 4.78 is 5.08. The third-order valence-corrected chi connectivity index (χ3v) is 2.16. The van der Waals surface area contributed by atoms with E-state index in [-0.39, 0.29) is 24.0 Å². The van der Waals surface area contributed by atoms with E-state index in [2.05, 4.69) is 34.5 Å². The molecular formula is C13H23IN4O. The Bertz CT molecular complexity index is 396. The van der Waals surface area contributed by atoms with E-state index in [0.717, 1.165) is 18.2 Å². The highest BCUT2D eigenvalue weighted by molar-refractivity contribution is 14.0. The molecule has 0 radical (unpaired) electrons. The van der Waals surface area contributed by atoms with Gasteiger partial charge in [-0.3, -0.25) is 0 Å². The summed E-state index contributed by atoms with van der Waals surface area (Å²) in [5.74, 6) is 1.42. The molecule has 0 aliphatic carbocycles. The fourth-order valence-electron chi connectivity index (χ4n) is 1.41. The molecule has 0 atom stereocenters. The number of nitrogens with one attached hydrogen (secondary N) is 2. The second-order valence-corrected chi connectivity index (χ2v) is 4.17. The summed E-state index contributed by atoms with van der Waals surface area (Å²) in [6.07, 6.45) is 0. The lowest BCUT2D eigenvalue weighted by Gasteiger charge is -2.13. The van der Waals surface area contributed by atoms with Crippen LogP contribution in [-0.2, 0) is 6.54 Å². The maximum Gasteiger partial charge on any atom is 0.213 e. The van der Waals surface area contributed by atoms with Crippen LogP contribution in [0.5, 0.6) is 5.88 Å². The minimum atomic E-state index is 0. The Hall–Kier alpha value is -1.05. The predicted molar refractivity (Wildman–Crippen MR) is 89.3 cm³/mol. The molecule has 0 aliphatic rings. The van der Waals surface area contributed by atoms with Crippen LogP contribution >= 0.6 is 24.0 Å². The Labute approximate surface area is 132 Å². The fraction of sp³-hybridized carbons (Fsp3) is 0.538. The van der Waals surface area contributed by atoms with E-state index in [1.807, 2.05) is 25.1 Å². The zero-order valence-corrected chi connectivity index (χ0v) is 14.3. The second kappa shape index (κ2) is 9.82. The molecule has 0 saturated heterocycles. The molecule has 0 bridgehead atoms. The van der Waals surface area contributed by atoms with E-state index in [1.165, 1.54) is 0 Å². The van der Waals surface area contributed by atoms with Crippen molar-refractivity contribution < 1.29 is 4.74 Å². The van der Waals surface area contributed by atoms with Gasteiger partial charge in [0.05, 0.1) is 19.3 Å². The molecule has 0 aromatic carbocycles. The van der Waals surface area contributed by atoms with E-state index >= 15 is 0 Å². The van der Waals surface area contributed by atoms with Gasteiger partial charge in [-0.15, -0.1) is 24.0 Å². The molecule has 6 heteroatoms. The molecule has 1 aromatic rings. The zero-order valence-electron chi connectivity index (χ0n) is 11.9. The molecule has 19 heavy (non-hydrogen) atoms. The lowest BCUT2D eigenvalue weighted by Crippen LogP contribution is -2.41. The van der Waals surface area contributed by atoms with Gasteiger partial charge in [-0.05, 0) is 26.8 Å². The third kappa shape index (κ3) is 7.19. The Balaban J connectivity index is 0.00000324. The van der Waals surface area contributed by atoms with Gasteiger partial charge in [-0.25, -0.2) is 9.98 Å². The van der Waals surface area contributed by atoms with Gasteiger partial charge in [-0.2, -0.15) is 0 Å². The zero-order chi connectivity index (χ0) is 13.4. The van der Waals surface area contributed by atoms with Crippen molar-refractivity contribution in [2.45, 2.75) is 33.4 Å². The lowest BCUT2D eigenvalue weighted by atomic mass is 10.3. The van der Waals surface area contributed by atoms with Gasteiger partial charge < -0.3 is 15.4 Å². The topological polar surface area (TPSA) is 58.5 Å². The monoisotopic (exact) mass is 378 g/mol. The normalized spacial score (nSPS) is 10.9. The molecular weight excluding hydrogens is 355 g/mol. The number of hydrogen-bond acceptors (Lipinski definition) is 3. The Morgan fingerprint density at radius 2 is 2.16 bits per heavy atom. The fourth-order valence-corrected chi connectivity index (χ4v) is 1.41. The molecule has 1 heterocycles. The van der Waals surface area contributed by atoms with Crippen LogP contribution in [0.3, 0.4) is 0 Å². The standard InChI is InChI=1S/C13H22N4O.HI/c1-5-14-13(16-10(2)3)15-9-11-7-6-8-12(17-11)18-4;/h6-8,10H,5,9H2,1-4H3,(H2,14,15,16);1H. The van der Waals surface area contributed by atoms with Gasteiger partial charge in [0.2, 0.25) is 5.88 Å². The van der Waals surface area contributed by atoms with E-state index in [4.69, 9.17) is 4.74 Å². The summed E-state index contributed by atoms with van der Waals surface area (Å²) in [5, 5.41) is 6.45. The Morgan fingerprint density at radius 1 is 1.42 bits per heavy atom. The van der Waals surface area contributed by atoms with Gasteiger partial charge in [-0.1, -0.05) is 6.07 Å². The number of aliphatic imine (C=N–C) groups is 1. The molecule has 5 nitrogen and oxygen atoms in total. The van der Waals surface area contributed by atoms with Gasteiger partial charge in [0.25, 0.3) is 0 Å². The first kappa shape index (κ1) is 17.9. The van der Waals surface area contributed by atoms with Crippen LogP contribution in [-0.4, -0.2) is 30.6 Å². The number of rotatable bonds is 5. The van der Waals surface area contributed by atoms with Crippen molar-refractivity contribution in [2.75, 3.05) is 13.7 Å². The lowest BCUT2D eigenvalue weighted by molar-refractivity contribution is 0.396.